The summed E-state index contributed by atoms with van der Waals surface area (Å²) < 4.78 is 13.9. The summed E-state index contributed by atoms with van der Waals surface area (Å²) in [6.07, 6.45) is 0. The van der Waals surface area contributed by atoms with Gasteiger partial charge in [-0.05, 0) is 55.4 Å². The molecule has 6 rings (SSSR count). The summed E-state index contributed by atoms with van der Waals surface area (Å²) in [4.78, 5) is 4.95. The standard InChI is InChI=1S/C27H24BNO2S/c1-26(2)27(3,4)31-28(30-26)20-14-12-17-10-11-18-13-15-22-24(23(18)21(17)16-20)32-25(29-22)19-8-6-5-7-9-19/h5-16H,1-4H3. The summed E-state index contributed by atoms with van der Waals surface area (Å²) in [6, 6.07) is 25.6. The molecule has 0 bridgehead atoms. The fourth-order valence-corrected chi connectivity index (χ4v) is 5.51. The third kappa shape index (κ3) is 3.00. The Morgan fingerprint density at radius 2 is 1.44 bits per heavy atom. The molecular weight excluding hydrogens is 413 g/mol. The van der Waals surface area contributed by atoms with E-state index in [1.54, 1.807) is 11.3 Å². The summed E-state index contributed by atoms with van der Waals surface area (Å²) in [5.74, 6) is 0. The van der Waals surface area contributed by atoms with E-state index in [0.29, 0.717) is 0 Å². The molecule has 0 radical (unpaired) electrons. The van der Waals surface area contributed by atoms with E-state index in [9.17, 15) is 0 Å². The number of aromatic nitrogens is 1. The molecule has 0 saturated carbocycles. The lowest BCUT2D eigenvalue weighted by Gasteiger charge is -2.32. The van der Waals surface area contributed by atoms with E-state index in [1.165, 1.54) is 26.2 Å². The molecule has 0 N–H and O–H groups in total. The number of benzene rings is 4. The summed E-state index contributed by atoms with van der Waals surface area (Å²) in [7, 11) is -0.375. The predicted molar refractivity (Wildman–Crippen MR) is 136 cm³/mol. The zero-order valence-corrected chi connectivity index (χ0v) is 19.5. The van der Waals surface area contributed by atoms with E-state index >= 15 is 0 Å². The van der Waals surface area contributed by atoms with Crippen LogP contribution in [0.4, 0.5) is 0 Å². The molecule has 5 aromatic rings. The molecule has 5 heteroatoms. The largest absolute Gasteiger partial charge is 0.494 e. The fraction of sp³-hybridized carbons (Fsp3) is 0.222. The van der Waals surface area contributed by atoms with Gasteiger partial charge in [0.2, 0.25) is 0 Å². The minimum Gasteiger partial charge on any atom is -0.399 e. The Kier molecular flexibility index (Phi) is 4.29. The van der Waals surface area contributed by atoms with Crippen LogP contribution in [0.5, 0.6) is 0 Å². The van der Waals surface area contributed by atoms with Crippen LogP contribution in [0.1, 0.15) is 27.7 Å². The average molecular weight is 437 g/mol. The van der Waals surface area contributed by atoms with Gasteiger partial charge in [0.25, 0.3) is 0 Å². The summed E-state index contributed by atoms with van der Waals surface area (Å²) in [5, 5.41) is 5.94. The minimum absolute atomic E-state index is 0.360. The highest BCUT2D eigenvalue weighted by molar-refractivity contribution is 7.22. The highest BCUT2D eigenvalue weighted by Crippen LogP contribution is 2.39. The van der Waals surface area contributed by atoms with Crippen molar-refractivity contribution in [2.24, 2.45) is 0 Å². The van der Waals surface area contributed by atoms with Gasteiger partial charge >= 0.3 is 7.12 Å². The molecule has 1 aliphatic rings. The Morgan fingerprint density at radius 1 is 0.781 bits per heavy atom. The molecule has 1 saturated heterocycles. The average Bonchev–Trinajstić information content (AvgIpc) is 3.31. The van der Waals surface area contributed by atoms with E-state index in [1.807, 2.05) is 6.07 Å². The first-order chi connectivity index (χ1) is 15.3. The van der Waals surface area contributed by atoms with Gasteiger partial charge in [0.05, 0.1) is 21.4 Å². The van der Waals surface area contributed by atoms with E-state index in [2.05, 4.69) is 94.4 Å². The predicted octanol–water partition coefficient (Wildman–Crippen LogP) is 6.57. The van der Waals surface area contributed by atoms with Crippen molar-refractivity contribution >= 4 is 55.7 Å². The maximum atomic E-state index is 6.33. The van der Waals surface area contributed by atoms with Crippen molar-refractivity contribution in [1.82, 2.24) is 4.98 Å². The Balaban J connectivity index is 1.57. The molecule has 3 nitrogen and oxygen atoms in total. The fourth-order valence-electron chi connectivity index (χ4n) is 4.37. The number of hydrogen-bond donors (Lipinski definition) is 0. The van der Waals surface area contributed by atoms with Gasteiger partial charge in [0.15, 0.2) is 0 Å². The van der Waals surface area contributed by atoms with Gasteiger partial charge < -0.3 is 9.31 Å². The highest BCUT2D eigenvalue weighted by Gasteiger charge is 2.51. The van der Waals surface area contributed by atoms with Crippen molar-refractivity contribution in [2.75, 3.05) is 0 Å². The lowest BCUT2D eigenvalue weighted by atomic mass is 9.78. The van der Waals surface area contributed by atoms with Gasteiger partial charge in [0, 0.05) is 10.9 Å². The van der Waals surface area contributed by atoms with Crippen molar-refractivity contribution in [3.63, 3.8) is 0 Å². The lowest BCUT2D eigenvalue weighted by molar-refractivity contribution is 0.00578. The van der Waals surface area contributed by atoms with Crippen LogP contribution in [0, 0.1) is 0 Å². The minimum atomic E-state index is -0.375. The quantitative estimate of drug-likeness (QED) is 0.231. The molecule has 1 aromatic heterocycles. The van der Waals surface area contributed by atoms with Crippen LogP contribution in [0.15, 0.2) is 72.8 Å². The highest BCUT2D eigenvalue weighted by atomic mass is 32.1. The summed E-state index contributed by atoms with van der Waals surface area (Å²) >= 11 is 1.76. The van der Waals surface area contributed by atoms with Crippen molar-refractivity contribution in [2.45, 2.75) is 38.9 Å². The molecule has 158 valence electrons. The van der Waals surface area contributed by atoms with Crippen LogP contribution in [-0.4, -0.2) is 23.3 Å². The van der Waals surface area contributed by atoms with Crippen molar-refractivity contribution in [3.05, 3.63) is 72.8 Å². The topological polar surface area (TPSA) is 31.4 Å². The molecule has 1 aliphatic heterocycles. The van der Waals surface area contributed by atoms with Gasteiger partial charge in [0.1, 0.15) is 5.01 Å². The maximum Gasteiger partial charge on any atom is 0.494 e. The molecule has 0 spiro atoms. The number of hydrogen-bond acceptors (Lipinski definition) is 4. The third-order valence-corrected chi connectivity index (χ3v) is 8.06. The van der Waals surface area contributed by atoms with Crippen molar-refractivity contribution in [1.29, 1.82) is 0 Å². The van der Waals surface area contributed by atoms with Gasteiger partial charge in [-0.15, -0.1) is 11.3 Å². The van der Waals surface area contributed by atoms with Gasteiger partial charge in [-0.1, -0.05) is 66.7 Å². The zero-order valence-electron chi connectivity index (χ0n) is 18.7. The monoisotopic (exact) mass is 437 g/mol. The first-order valence-electron chi connectivity index (χ1n) is 11.0. The second kappa shape index (κ2) is 6.88. The number of nitrogens with zero attached hydrogens (tertiary/aromatic N) is 1. The van der Waals surface area contributed by atoms with E-state index in [-0.39, 0.29) is 18.3 Å². The molecule has 2 heterocycles. The number of rotatable bonds is 2. The maximum absolute atomic E-state index is 6.33. The molecule has 0 aliphatic carbocycles. The first kappa shape index (κ1) is 19.9. The van der Waals surface area contributed by atoms with Crippen LogP contribution in [0.3, 0.4) is 0 Å². The third-order valence-electron chi connectivity index (χ3n) is 6.93. The van der Waals surface area contributed by atoms with Crippen LogP contribution < -0.4 is 5.46 Å². The van der Waals surface area contributed by atoms with Gasteiger partial charge in [-0.3, -0.25) is 0 Å². The normalized spacial score (nSPS) is 17.6. The number of thiazole rings is 1. The Hall–Kier alpha value is -2.73. The van der Waals surface area contributed by atoms with Gasteiger partial charge in [-0.2, -0.15) is 0 Å². The van der Waals surface area contributed by atoms with E-state index in [4.69, 9.17) is 14.3 Å². The second-order valence-corrected chi connectivity index (χ2v) is 10.5. The van der Waals surface area contributed by atoms with Crippen LogP contribution in [0.2, 0.25) is 0 Å². The summed E-state index contributed by atoms with van der Waals surface area (Å²) in [5.41, 5.74) is 2.52. The number of fused-ring (bicyclic) bond motifs is 5. The molecule has 0 atom stereocenters. The first-order valence-corrected chi connectivity index (χ1v) is 11.8. The zero-order chi connectivity index (χ0) is 22.1. The second-order valence-electron chi connectivity index (χ2n) is 9.53. The van der Waals surface area contributed by atoms with Crippen LogP contribution in [-0.2, 0) is 9.31 Å². The smallest absolute Gasteiger partial charge is 0.399 e. The molecule has 4 aromatic carbocycles. The molecule has 0 amide bonds. The molecule has 32 heavy (non-hydrogen) atoms. The summed E-state index contributed by atoms with van der Waals surface area (Å²) in [6.45, 7) is 8.37. The molecular formula is C27H24BNO2S. The van der Waals surface area contributed by atoms with Gasteiger partial charge in [-0.25, -0.2) is 4.98 Å². The Labute approximate surface area is 192 Å². The Bertz CT molecular complexity index is 1470. The van der Waals surface area contributed by atoms with E-state index < -0.39 is 0 Å². The molecule has 0 unspecified atom stereocenters. The van der Waals surface area contributed by atoms with Crippen LogP contribution in [0.25, 0.3) is 42.3 Å². The van der Waals surface area contributed by atoms with Crippen LogP contribution >= 0.6 is 11.3 Å². The lowest BCUT2D eigenvalue weighted by Crippen LogP contribution is -2.41. The van der Waals surface area contributed by atoms with Crippen molar-refractivity contribution in [3.8, 4) is 10.6 Å². The Morgan fingerprint density at radius 3 is 2.19 bits per heavy atom. The van der Waals surface area contributed by atoms with E-state index in [0.717, 1.165) is 21.6 Å². The SMILES string of the molecule is CC1(C)OB(c2ccc3ccc4ccc5nc(-c6ccccc6)sc5c4c3c2)OC1(C)C. The molecule has 1 fully saturated rings. The van der Waals surface area contributed by atoms with Crippen molar-refractivity contribution < 1.29 is 9.31 Å².